The van der Waals surface area contributed by atoms with Gasteiger partial charge in [-0.3, -0.25) is 33.8 Å². The van der Waals surface area contributed by atoms with E-state index in [1.54, 1.807) is 0 Å². The number of carbonyl (C=O) groups is 7. The zero-order valence-electron chi connectivity index (χ0n) is 25.4. The number of guanidine groups is 1. The van der Waals surface area contributed by atoms with Crippen LogP contribution in [0.5, 0.6) is 0 Å². The van der Waals surface area contributed by atoms with Crippen molar-refractivity contribution in [1.29, 1.82) is 0 Å². The van der Waals surface area contributed by atoms with Gasteiger partial charge in [0.1, 0.15) is 29.9 Å². The predicted molar refractivity (Wildman–Crippen MR) is 163 cm³/mol. The molecule has 0 aliphatic carbocycles. The molecule has 1 fully saturated rings. The van der Waals surface area contributed by atoms with E-state index < -0.39 is 103 Å². The van der Waals surface area contributed by atoms with E-state index in [1.807, 2.05) is 5.32 Å². The Morgan fingerprint density at radius 1 is 0.979 bits per heavy atom. The lowest BCUT2D eigenvalue weighted by atomic mass is 10.0. The lowest BCUT2D eigenvalue weighted by molar-refractivity contribution is -0.135. The summed E-state index contributed by atoms with van der Waals surface area (Å²) in [5.74, 6) is -6.06. The number of hydrogen-bond acceptors (Lipinski definition) is 14. The molecule has 47 heavy (non-hydrogen) atoms. The normalized spacial score (nSPS) is 26.3. The monoisotopic (exact) mass is 669 g/mol. The Hall–Kier alpha value is -5.06. The van der Waals surface area contributed by atoms with Gasteiger partial charge in [0.05, 0.1) is 19.3 Å². The number of aliphatic hydroxyl groups is 2. The third-order valence-corrected chi connectivity index (χ3v) is 6.88. The number of urea groups is 1. The van der Waals surface area contributed by atoms with Crippen molar-refractivity contribution in [2.75, 3.05) is 32.8 Å². The van der Waals surface area contributed by atoms with E-state index >= 15 is 0 Å². The van der Waals surface area contributed by atoms with E-state index in [1.165, 1.54) is 0 Å². The molecule has 22 nitrogen and oxygen atoms in total. The number of nitrogens with zero attached hydrogens (tertiary/aromatic N) is 1. The average Bonchev–Trinajstić information content (AvgIpc) is 3.02. The highest BCUT2D eigenvalue weighted by molar-refractivity contribution is 6.02. The minimum Gasteiger partial charge on any atom is -0.394 e. The van der Waals surface area contributed by atoms with Gasteiger partial charge in [-0.1, -0.05) is 0 Å². The molecular formula is C25H43N13O9. The molecule has 0 spiro atoms. The van der Waals surface area contributed by atoms with Crippen molar-refractivity contribution in [3.05, 3.63) is 11.9 Å². The van der Waals surface area contributed by atoms with Gasteiger partial charge < -0.3 is 75.7 Å². The van der Waals surface area contributed by atoms with Gasteiger partial charge in [0.2, 0.25) is 29.5 Å². The molecule has 262 valence electrons. The lowest BCUT2D eigenvalue weighted by Crippen LogP contribution is -2.64. The summed E-state index contributed by atoms with van der Waals surface area (Å²) in [6, 6.07) is -9.03. The molecule has 0 aromatic heterocycles. The van der Waals surface area contributed by atoms with Crippen LogP contribution >= 0.6 is 0 Å². The van der Waals surface area contributed by atoms with E-state index in [9.17, 15) is 43.8 Å². The number of rotatable bonds is 10. The molecule has 2 heterocycles. The summed E-state index contributed by atoms with van der Waals surface area (Å²) in [4.78, 5) is 94.2. The van der Waals surface area contributed by atoms with Crippen LogP contribution in [0.3, 0.4) is 0 Å². The zero-order valence-corrected chi connectivity index (χ0v) is 25.4. The maximum atomic E-state index is 13.5. The Bertz CT molecular complexity index is 1240. The Morgan fingerprint density at radius 3 is 2.26 bits per heavy atom. The van der Waals surface area contributed by atoms with Crippen LogP contribution < -0.4 is 65.5 Å². The molecular weight excluding hydrogens is 626 g/mol. The number of nitrogens with two attached hydrogens (primary N) is 4. The molecule has 6 unspecified atom stereocenters. The van der Waals surface area contributed by atoms with Crippen molar-refractivity contribution in [1.82, 2.24) is 42.5 Å². The summed E-state index contributed by atoms with van der Waals surface area (Å²) >= 11 is 0. The van der Waals surface area contributed by atoms with Crippen molar-refractivity contribution >= 4 is 47.4 Å². The Morgan fingerprint density at radius 2 is 1.64 bits per heavy atom. The zero-order chi connectivity index (χ0) is 35.1. The van der Waals surface area contributed by atoms with Gasteiger partial charge in [-0.15, -0.1) is 0 Å². The van der Waals surface area contributed by atoms with Gasteiger partial charge in [-0.2, -0.15) is 0 Å². The highest BCUT2D eigenvalue weighted by Crippen LogP contribution is 2.07. The first-order valence-electron chi connectivity index (χ1n) is 14.6. The number of aliphatic hydroxyl groups excluding tert-OH is 2. The summed E-state index contributed by atoms with van der Waals surface area (Å²) in [5.41, 5.74) is 21.7. The SMILES string of the molecule is NCCCC(N)CC(=O)NC1CNC(=O)C(C2CCN=C(N)N2)NC(=O)C(=CNC(N)=O)NC(=O)C(CO)NC(=O)C(CO)NC1=O. The fourth-order valence-electron chi connectivity index (χ4n) is 4.40. The fraction of sp³-hybridized carbons (Fsp3) is 0.600. The molecule has 2 aliphatic heterocycles. The van der Waals surface area contributed by atoms with Gasteiger partial charge in [0.15, 0.2) is 5.96 Å². The highest BCUT2D eigenvalue weighted by Gasteiger charge is 2.35. The molecule has 0 saturated carbocycles. The number of amides is 8. The molecule has 2 rings (SSSR count). The average molecular weight is 670 g/mol. The first kappa shape index (κ1) is 38.1. The summed E-state index contributed by atoms with van der Waals surface area (Å²) in [6.07, 6.45) is 1.64. The second-order valence-corrected chi connectivity index (χ2v) is 10.6. The van der Waals surface area contributed by atoms with E-state index in [0.717, 1.165) is 0 Å². The quantitative estimate of drug-likeness (QED) is 0.0962. The molecule has 8 amide bonds. The Balaban J connectivity index is 2.51. The van der Waals surface area contributed by atoms with Crippen LogP contribution in [0, 0.1) is 0 Å². The highest BCUT2D eigenvalue weighted by atomic mass is 16.3. The summed E-state index contributed by atoms with van der Waals surface area (Å²) in [6.45, 7) is -2.06. The number of aliphatic imine (C=N–C) groups is 1. The minimum atomic E-state index is -1.74. The maximum Gasteiger partial charge on any atom is 0.316 e. The smallest absolute Gasteiger partial charge is 0.316 e. The second kappa shape index (κ2) is 18.8. The van der Waals surface area contributed by atoms with E-state index in [0.29, 0.717) is 25.6 Å². The standard InChI is InChI=1S/C25H43N13O9/c26-4-1-2-11(27)6-17(41)33-13-7-31-23(46)18(12-3-5-30-24(28)37-12)38-20(43)14(8-32-25(29)47)34-21(44)15(9-39)36-22(45)16(10-40)35-19(13)42/h8,11-13,15-16,18,39-40H,1-7,9-10,26-27H2,(H,31,46)(H,33,41)(H,34,44)(H,35,42)(H,36,45)(H,38,43)(H3,28,30,37)(H3,29,32,47). The van der Waals surface area contributed by atoms with Crippen molar-refractivity contribution in [2.45, 2.75) is 61.9 Å². The minimum absolute atomic E-state index is 0.0398. The van der Waals surface area contributed by atoms with Gasteiger partial charge in [0.25, 0.3) is 5.91 Å². The van der Waals surface area contributed by atoms with Crippen molar-refractivity contribution in [3.63, 3.8) is 0 Å². The summed E-state index contributed by atoms with van der Waals surface area (Å²) in [7, 11) is 0. The van der Waals surface area contributed by atoms with Crippen molar-refractivity contribution in [3.8, 4) is 0 Å². The number of carbonyl (C=O) groups excluding carboxylic acids is 7. The molecule has 0 aromatic carbocycles. The molecule has 2 aliphatic rings. The largest absolute Gasteiger partial charge is 0.394 e. The topological polar surface area (TPSA) is 373 Å². The first-order valence-corrected chi connectivity index (χ1v) is 14.6. The molecule has 0 bridgehead atoms. The van der Waals surface area contributed by atoms with Gasteiger partial charge in [-0.05, 0) is 25.8 Å². The van der Waals surface area contributed by atoms with Gasteiger partial charge in [-0.25, -0.2) is 4.79 Å². The fourth-order valence-corrected chi connectivity index (χ4v) is 4.40. The molecule has 18 N–H and O–H groups in total. The van der Waals surface area contributed by atoms with Crippen LogP contribution in [0.4, 0.5) is 4.79 Å². The van der Waals surface area contributed by atoms with Crippen LogP contribution in [0.2, 0.25) is 0 Å². The van der Waals surface area contributed by atoms with E-state index in [-0.39, 0.29) is 25.3 Å². The number of primary amides is 1. The molecule has 22 heteroatoms. The second-order valence-electron chi connectivity index (χ2n) is 10.6. The molecule has 0 radical (unpaired) electrons. The van der Waals surface area contributed by atoms with E-state index in [2.05, 4.69) is 42.2 Å². The lowest BCUT2D eigenvalue weighted by Gasteiger charge is -2.31. The van der Waals surface area contributed by atoms with Crippen LogP contribution in [0.1, 0.15) is 25.7 Å². The third-order valence-electron chi connectivity index (χ3n) is 6.88. The molecule has 6 atom stereocenters. The number of hydrogen-bond donors (Lipinski definition) is 14. The van der Waals surface area contributed by atoms with Crippen LogP contribution in [-0.2, 0) is 28.8 Å². The maximum absolute atomic E-state index is 13.5. The Labute approximate surface area is 268 Å². The van der Waals surface area contributed by atoms with Gasteiger partial charge in [0, 0.05) is 31.8 Å². The summed E-state index contributed by atoms with van der Waals surface area (Å²) in [5, 5.41) is 38.2. The molecule has 1 saturated heterocycles. The summed E-state index contributed by atoms with van der Waals surface area (Å²) < 4.78 is 0. The van der Waals surface area contributed by atoms with Crippen LogP contribution in [0.15, 0.2) is 16.9 Å². The number of nitrogens with one attached hydrogen (secondary N) is 8. The van der Waals surface area contributed by atoms with Crippen molar-refractivity contribution < 1.29 is 43.8 Å². The van der Waals surface area contributed by atoms with Gasteiger partial charge >= 0.3 is 6.03 Å². The molecule has 0 aromatic rings. The Kier molecular flexibility index (Phi) is 15.2. The van der Waals surface area contributed by atoms with Crippen LogP contribution in [-0.4, -0.2) is 127 Å². The first-order chi connectivity index (χ1) is 22.3. The third kappa shape index (κ3) is 12.3. The van der Waals surface area contributed by atoms with Crippen LogP contribution in [0.25, 0.3) is 0 Å². The van der Waals surface area contributed by atoms with E-state index in [4.69, 9.17) is 22.9 Å². The van der Waals surface area contributed by atoms with Crippen molar-refractivity contribution in [2.24, 2.45) is 27.9 Å². The predicted octanol–water partition coefficient (Wildman–Crippen LogP) is -8.20.